The maximum absolute atomic E-state index is 13.7. The van der Waals surface area contributed by atoms with Gasteiger partial charge in [-0.3, -0.25) is 0 Å². The molecule has 0 bridgehead atoms. The summed E-state index contributed by atoms with van der Waals surface area (Å²) < 4.78 is 24.9. The first-order valence-corrected chi connectivity index (χ1v) is 10.8. The molecule has 1 aromatic carbocycles. The van der Waals surface area contributed by atoms with Crippen LogP contribution < -0.4 is 4.74 Å². The third-order valence-corrected chi connectivity index (χ3v) is 6.32. The van der Waals surface area contributed by atoms with Crippen molar-refractivity contribution in [1.82, 2.24) is 15.2 Å². The molecule has 0 saturated carbocycles. The first-order chi connectivity index (χ1) is 13.2. The van der Waals surface area contributed by atoms with Crippen LogP contribution in [-0.4, -0.2) is 15.2 Å². The number of benzene rings is 1. The summed E-state index contributed by atoms with van der Waals surface area (Å²) in [5, 5.41) is 13.5. The molecule has 0 amide bonds. The zero-order valence-electron chi connectivity index (χ0n) is 14.2. The minimum Gasteiger partial charge on any atom is -0.478 e. The molecule has 0 saturated heterocycles. The van der Waals surface area contributed by atoms with Crippen LogP contribution in [0.3, 0.4) is 0 Å². The Labute approximate surface area is 167 Å². The molecule has 5 nitrogen and oxygen atoms in total. The van der Waals surface area contributed by atoms with Crippen molar-refractivity contribution in [1.29, 1.82) is 0 Å². The fourth-order valence-electron chi connectivity index (χ4n) is 2.25. The van der Waals surface area contributed by atoms with E-state index in [0.717, 1.165) is 15.6 Å². The summed E-state index contributed by atoms with van der Waals surface area (Å²) in [7, 11) is 0. The topological polar surface area (TPSA) is 61.0 Å². The number of hydrogen-bond donors (Lipinski definition) is 0. The molecule has 0 fully saturated rings. The third-order valence-electron chi connectivity index (χ3n) is 3.54. The van der Waals surface area contributed by atoms with Gasteiger partial charge in [0.2, 0.25) is 0 Å². The van der Waals surface area contributed by atoms with Gasteiger partial charge in [0.15, 0.2) is 17.7 Å². The lowest BCUT2D eigenvalue weighted by Crippen LogP contribution is -2.04. The summed E-state index contributed by atoms with van der Waals surface area (Å²) in [4.78, 5) is 5.79. The second-order valence-corrected chi connectivity index (χ2v) is 8.24. The number of halogens is 1. The lowest BCUT2D eigenvalue weighted by Gasteiger charge is -2.11. The second kappa shape index (κ2) is 8.20. The van der Waals surface area contributed by atoms with Crippen LogP contribution in [0.25, 0.3) is 9.88 Å². The number of ether oxygens (including phenoxy) is 1. The summed E-state index contributed by atoms with van der Waals surface area (Å²) in [6, 6.07) is 10.3. The minimum atomic E-state index is -0.548. The van der Waals surface area contributed by atoms with Crippen LogP contribution in [-0.2, 0) is 5.75 Å². The predicted octanol–water partition coefficient (Wildman–Crippen LogP) is 5.83. The largest absolute Gasteiger partial charge is 0.478 e. The summed E-state index contributed by atoms with van der Waals surface area (Å²) >= 11 is 4.70. The van der Waals surface area contributed by atoms with Crippen molar-refractivity contribution in [2.45, 2.75) is 24.0 Å². The van der Waals surface area contributed by atoms with E-state index in [-0.39, 0.29) is 5.75 Å². The molecular weight excluding hydrogens is 405 g/mol. The predicted molar refractivity (Wildman–Crippen MR) is 105 cm³/mol. The SMILES string of the molecule is CC(Oc1ccccc1F)c1nnc(SCc2csc(-c3cccs3)n2)o1. The molecule has 0 N–H and O–H groups in total. The Morgan fingerprint density at radius 2 is 2.07 bits per heavy atom. The molecule has 9 heteroatoms. The van der Waals surface area contributed by atoms with E-state index in [1.54, 1.807) is 47.8 Å². The molecule has 0 aliphatic carbocycles. The lowest BCUT2D eigenvalue weighted by molar-refractivity contribution is 0.174. The Balaban J connectivity index is 1.36. The van der Waals surface area contributed by atoms with Crippen LogP contribution in [0.1, 0.15) is 24.6 Å². The van der Waals surface area contributed by atoms with E-state index in [1.165, 1.54) is 17.8 Å². The van der Waals surface area contributed by atoms with Crippen molar-refractivity contribution < 1.29 is 13.5 Å². The molecule has 4 aromatic rings. The zero-order valence-corrected chi connectivity index (χ0v) is 16.6. The number of rotatable bonds is 7. The molecule has 138 valence electrons. The van der Waals surface area contributed by atoms with E-state index < -0.39 is 11.9 Å². The molecule has 0 spiro atoms. The van der Waals surface area contributed by atoms with Gasteiger partial charge in [0.05, 0.1) is 10.6 Å². The summed E-state index contributed by atoms with van der Waals surface area (Å²) in [5.41, 5.74) is 0.962. The summed E-state index contributed by atoms with van der Waals surface area (Å²) in [6.45, 7) is 1.74. The molecule has 27 heavy (non-hydrogen) atoms. The van der Waals surface area contributed by atoms with Gasteiger partial charge in [0, 0.05) is 11.1 Å². The summed E-state index contributed by atoms with van der Waals surface area (Å²) in [5.74, 6) is 0.661. The van der Waals surface area contributed by atoms with Crippen molar-refractivity contribution in [3.8, 4) is 15.6 Å². The molecule has 3 aromatic heterocycles. The Hall–Kier alpha value is -2.23. The van der Waals surface area contributed by atoms with Crippen LogP contribution in [0.5, 0.6) is 5.75 Å². The van der Waals surface area contributed by atoms with Gasteiger partial charge in [-0.15, -0.1) is 32.9 Å². The van der Waals surface area contributed by atoms with Gasteiger partial charge in [-0.05, 0) is 30.5 Å². The van der Waals surface area contributed by atoms with Gasteiger partial charge in [0.25, 0.3) is 11.1 Å². The van der Waals surface area contributed by atoms with E-state index in [9.17, 15) is 4.39 Å². The highest BCUT2D eigenvalue weighted by Gasteiger charge is 2.18. The van der Waals surface area contributed by atoms with Crippen molar-refractivity contribution in [2.24, 2.45) is 0 Å². The number of thiophene rings is 1. The number of nitrogens with zero attached hydrogens (tertiary/aromatic N) is 3. The third kappa shape index (κ3) is 4.37. The van der Waals surface area contributed by atoms with Crippen LogP contribution in [0.4, 0.5) is 4.39 Å². The van der Waals surface area contributed by atoms with Crippen molar-refractivity contribution in [3.05, 3.63) is 64.6 Å². The summed E-state index contributed by atoms with van der Waals surface area (Å²) in [6.07, 6.45) is -0.548. The second-order valence-electron chi connectivity index (χ2n) is 5.51. The smallest absolute Gasteiger partial charge is 0.277 e. The number of thiazole rings is 1. The fourth-order valence-corrected chi connectivity index (χ4v) is 4.65. The lowest BCUT2D eigenvalue weighted by atomic mass is 10.3. The van der Waals surface area contributed by atoms with E-state index >= 15 is 0 Å². The van der Waals surface area contributed by atoms with E-state index in [2.05, 4.69) is 21.2 Å². The highest BCUT2D eigenvalue weighted by molar-refractivity contribution is 7.98. The van der Waals surface area contributed by atoms with Crippen molar-refractivity contribution in [2.75, 3.05) is 0 Å². The Bertz CT molecular complexity index is 1020. The Kier molecular flexibility index (Phi) is 5.51. The molecule has 0 radical (unpaired) electrons. The van der Waals surface area contributed by atoms with Gasteiger partial charge in [0.1, 0.15) is 5.01 Å². The van der Waals surface area contributed by atoms with E-state index in [1.807, 2.05) is 16.8 Å². The number of hydrogen-bond acceptors (Lipinski definition) is 8. The maximum Gasteiger partial charge on any atom is 0.277 e. The van der Waals surface area contributed by atoms with Gasteiger partial charge >= 0.3 is 0 Å². The number of thioether (sulfide) groups is 1. The van der Waals surface area contributed by atoms with Crippen LogP contribution >= 0.6 is 34.4 Å². The van der Waals surface area contributed by atoms with Crippen molar-refractivity contribution in [3.63, 3.8) is 0 Å². The van der Waals surface area contributed by atoms with E-state index in [4.69, 9.17) is 9.15 Å². The zero-order chi connectivity index (χ0) is 18.6. The standard InChI is InChI=1S/C18H14FN3O2S3/c1-11(23-14-6-3-2-5-13(14)19)16-21-22-18(24-16)27-10-12-9-26-17(20-12)15-7-4-8-25-15/h2-9,11H,10H2,1H3. The molecule has 0 aliphatic rings. The fraction of sp³-hybridized carbons (Fsp3) is 0.167. The number of aromatic nitrogens is 3. The van der Waals surface area contributed by atoms with Gasteiger partial charge in [-0.25, -0.2) is 9.37 Å². The molecule has 0 aliphatic heterocycles. The van der Waals surface area contributed by atoms with Crippen LogP contribution in [0.2, 0.25) is 0 Å². The van der Waals surface area contributed by atoms with E-state index in [0.29, 0.717) is 16.9 Å². The Morgan fingerprint density at radius 3 is 2.89 bits per heavy atom. The quantitative estimate of drug-likeness (QED) is 0.352. The van der Waals surface area contributed by atoms with Crippen LogP contribution in [0.15, 0.2) is 56.8 Å². The van der Waals surface area contributed by atoms with Gasteiger partial charge in [-0.1, -0.05) is 30.0 Å². The molecular formula is C18H14FN3O2S3. The first kappa shape index (κ1) is 18.1. The van der Waals surface area contributed by atoms with Crippen LogP contribution in [0, 0.1) is 5.82 Å². The normalized spacial score (nSPS) is 12.2. The first-order valence-electron chi connectivity index (χ1n) is 8.04. The molecule has 1 unspecified atom stereocenters. The minimum absolute atomic E-state index is 0.154. The molecule has 1 atom stereocenters. The maximum atomic E-state index is 13.7. The average molecular weight is 420 g/mol. The molecule has 3 heterocycles. The highest BCUT2D eigenvalue weighted by atomic mass is 32.2. The monoisotopic (exact) mass is 419 g/mol. The van der Waals surface area contributed by atoms with Crippen molar-refractivity contribution >= 4 is 34.4 Å². The molecule has 4 rings (SSSR count). The Morgan fingerprint density at radius 1 is 1.19 bits per heavy atom. The highest BCUT2D eigenvalue weighted by Crippen LogP contribution is 2.31. The van der Waals surface area contributed by atoms with Gasteiger partial charge < -0.3 is 9.15 Å². The number of para-hydroxylation sites is 1. The van der Waals surface area contributed by atoms with Gasteiger partial charge in [-0.2, -0.15) is 0 Å². The average Bonchev–Trinajstić information content (AvgIpc) is 3.42.